The highest BCUT2D eigenvalue weighted by Gasteiger charge is 2.13. The molecule has 0 spiro atoms. The average Bonchev–Trinajstić information content (AvgIpc) is 2.62. The highest BCUT2D eigenvalue weighted by Crippen LogP contribution is 2.16. The zero-order chi connectivity index (χ0) is 18.1. The maximum absolute atomic E-state index is 13.5. The van der Waals surface area contributed by atoms with Crippen molar-refractivity contribution >= 4 is 11.7 Å². The first-order valence-electron chi connectivity index (χ1n) is 7.65. The Morgan fingerprint density at radius 3 is 2.76 bits per heavy atom. The molecule has 0 radical (unpaired) electrons. The molecule has 1 aromatic carbocycles. The average molecular weight is 349 g/mol. The third-order valence-corrected chi connectivity index (χ3v) is 3.25. The molecule has 0 bridgehead atoms. The Morgan fingerprint density at radius 1 is 1.28 bits per heavy atom. The SMILES string of the molecule is COCCOc1ccc(NC(=O)NC[C@H](O)c2ccccc2F)cn1. The second kappa shape index (κ2) is 9.55. The number of aliphatic hydroxyl groups excluding tert-OH is 1. The van der Waals surface area contributed by atoms with Crippen molar-refractivity contribution in [3.05, 3.63) is 54.0 Å². The van der Waals surface area contributed by atoms with Gasteiger partial charge >= 0.3 is 6.03 Å². The lowest BCUT2D eigenvalue weighted by Gasteiger charge is -2.13. The highest BCUT2D eigenvalue weighted by molar-refractivity contribution is 5.89. The van der Waals surface area contributed by atoms with Gasteiger partial charge in [-0.15, -0.1) is 0 Å². The molecule has 0 unspecified atom stereocenters. The van der Waals surface area contributed by atoms with Gasteiger partial charge in [-0.2, -0.15) is 0 Å². The van der Waals surface area contributed by atoms with Crippen molar-refractivity contribution in [3.8, 4) is 5.88 Å². The number of ether oxygens (including phenoxy) is 2. The molecule has 7 nitrogen and oxygen atoms in total. The number of methoxy groups -OCH3 is 1. The molecule has 2 aromatic rings. The molecule has 0 saturated carbocycles. The van der Waals surface area contributed by atoms with E-state index in [4.69, 9.17) is 9.47 Å². The Balaban J connectivity index is 1.79. The number of rotatable bonds is 8. The molecule has 3 N–H and O–H groups in total. The highest BCUT2D eigenvalue weighted by atomic mass is 19.1. The molecule has 1 atom stereocenters. The van der Waals surface area contributed by atoms with Gasteiger partial charge in [0.25, 0.3) is 0 Å². The summed E-state index contributed by atoms with van der Waals surface area (Å²) in [7, 11) is 1.57. The van der Waals surface area contributed by atoms with Gasteiger partial charge in [0.1, 0.15) is 12.4 Å². The van der Waals surface area contributed by atoms with Crippen LogP contribution in [0.4, 0.5) is 14.9 Å². The van der Waals surface area contributed by atoms with Crippen LogP contribution in [-0.2, 0) is 4.74 Å². The minimum atomic E-state index is -1.14. The molecule has 134 valence electrons. The molecule has 8 heteroatoms. The Morgan fingerprint density at radius 2 is 2.08 bits per heavy atom. The van der Waals surface area contributed by atoms with E-state index in [9.17, 15) is 14.3 Å². The number of anilines is 1. The van der Waals surface area contributed by atoms with Gasteiger partial charge in [-0.25, -0.2) is 14.2 Å². The summed E-state index contributed by atoms with van der Waals surface area (Å²) in [5.41, 5.74) is 0.582. The normalized spacial score (nSPS) is 11.6. The van der Waals surface area contributed by atoms with E-state index in [2.05, 4.69) is 15.6 Å². The maximum atomic E-state index is 13.5. The van der Waals surface area contributed by atoms with Gasteiger partial charge in [0, 0.05) is 25.3 Å². The van der Waals surface area contributed by atoms with E-state index >= 15 is 0 Å². The van der Waals surface area contributed by atoms with E-state index in [-0.39, 0.29) is 12.1 Å². The zero-order valence-electron chi connectivity index (χ0n) is 13.7. The molecule has 0 saturated heterocycles. The molecule has 0 aliphatic rings. The van der Waals surface area contributed by atoms with Crippen molar-refractivity contribution in [2.24, 2.45) is 0 Å². The van der Waals surface area contributed by atoms with Crippen molar-refractivity contribution in [1.82, 2.24) is 10.3 Å². The number of halogens is 1. The van der Waals surface area contributed by atoms with Gasteiger partial charge in [0.2, 0.25) is 5.88 Å². The van der Waals surface area contributed by atoms with Crippen molar-refractivity contribution in [2.75, 3.05) is 32.2 Å². The first kappa shape index (κ1) is 18.6. The Kier molecular flexibility index (Phi) is 7.12. The fourth-order valence-electron chi connectivity index (χ4n) is 1.99. The van der Waals surface area contributed by atoms with Crippen LogP contribution in [0.5, 0.6) is 5.88 Å². The van der Waals surface area contributed by atoms with E-state index < -0.39 is 18.0 Å². The van der Waals surface area contributed by atoms with Gasteiger partial charge in [-0.05, 0) is 12.1 Å². The molecular weight excluding hydrogens is 329 g/mol. The number of pyridine rings is 1. The fraction of sp³-hybridized carbons (Fsp3) is 0.294. The monoisotopic (exact) mass is 349 g/mol. The summed E-state index contributed by atoms with van der Waals surface area (Å²) in [5, 5.41) is 15.0. The smallest absolute Gasteiger partial charge is 0.319 e. The number of aromatic nitrogens is 1. The lowest BCUT2D eigenvalue weighted by molar-refractivity contribution is 0.144. The van der Waals surface area contributed by atoms with Crippen LogP contribution < -0.4 is 15.4 Å². The summed E-state index contributed by atoms with van der Waals surface area (Å²) < 4.78 is 23.7. The summed E-state index contributed by atoms with van der Waals surface area (Å²) in [6, 6.07) is 8.56. The molecule has 0 fully saturated rings. The second-order valence-electron chi connectivity index (χ2n) is 5.10. The predicted octanol–water partition coefficient (Wildman–Crippen LogP) is 2.10. The standard InChI is InChI=1S/C17H20FN3O4/c1-24-8-9-25-16-7-6-12(10-19-16)21-17(23)20-11-15(22)13-4-2-3-5-14(13)18/h2-7,10,15,22H,8-9,11H2,1H3,(H2,20,21,23)/t15-/m0/s1. The molecule has 2 rings (SSSR count). The van der Waals surface area contributed by atoms with Crippen LogP contribution in [0.15, 0.2) is 42.6 Å². The summed E-state index contributed by atoms with van der Waals surface area (Å²) in [5.74, 6) is -0.108. The number of carbonyl (C=O) groups is 1. The number of aliphatic hydroxyl groups is 1. The topological polar surface area (TPSA) is 92.7 Å². The van der Waals surface area contributed by atoms with Gasteiger partial charge in [0.15, 0.2) is 0 Å². The van der Waals surface area contributed by atoms with Gasteiger partial charge in [0.05, 0.1) is 24.6 Å². The molecular formula is C17H20FN3O4. The minimum Gasteiger partial charge on any atom is -0.475 e. The molecule has 0 aliphatic heterocycles. The van der Waals surface area contributed by atoms with Crippen LogP contribution in [0.1, 0.15) is 11.7 Å². The lowest BCUT2D eigenvalue weighted by atomic mass is 10.1. The van der Waals surface area contributed by atoms with E-state index in [0.29, 0.717) is 24.8 Å². The third kappa shape index (κ3) is 6.02. The number of urea groups is 1. The fourth-order valence-corrected chi connectivity index (χ4v) is 1.99. The van der Waals surface area contributed by atoms with Crippen molar-refractivity contribution in [1.29, 1.82) is 0 Å². The number of hydrogen-bond donors (Lipinski definition) is 3. The van der Waals surface area contributed by atoms with Crippen molar-refractivity contribution in [3.63, 3.8) is 0 Å². The van der Waals surface area contributed by atoms with Gasteiger partial charge in [-0.3, -0.25) is 0 Å². The number of nitrogens with one attached hydrogen (secondary N) is 2. The van der Waals surface area contributed by atoms with Crippen LogP contribution in [0.2, 0.25) is 0 Å². The van der Waals surface area contributed by atoms with E-state index in [1.165, 1.54) is 24.4 Å². The number of amides is 2. The van der Waals surface area contributed by atoms with E-state index in [1.807, 2.05) is 0 Å². The molecule has 1 heterocycles. The molecule has 25 heavy (non-hydrogen) atoms. The second-order valence-corrected chi connectivity index (χ2v) is 5.10. The van der Waals surface area contributed by atoms with Crippen molar-refractivity contribution in [2.45, 2.75) is 6.10 Å². The summed E-state index contributed by atoms with van der Waals surface area (Å²) in [6.45, 7) is 0.706. The first-order valence-corrected chi connectivity index (χ1v) is 7.65. The minimum absolute atomic E-state index is 0.127. The number of nitrogens with zero attached hydrogens (tertiary/aromatic N) is 1. The molecule has 0 aliphatic carbocycles. The Labute approximate surface area is 144 Å². The maximum Gasteiger partial charge on any atom is 0.319 e. The summed E-state index contributed by atoms with van der Waals surface area (Å²) >= 11 is 0. The largest absolute Gasteiger partial charge is 0.475 e. The quantitative estimate of drug-likeness (QED) is 0.635. The third-order valence-electron chi connectivity index (χ3n) is 3.25. The van der Waals surface area contributed by atoms with Crippen LogP contribution in [0.25, 0.3) is 0 Å². The van der Waals surface area contributed by atoms with Crippen LogP contribution >= 0.6 is 0 Å². The van der Waals surface area contributed by atoms with E-state index in [0.717, 1.165) is 0 Å². The van der Waals surface area contributed by atoms with E-state index in [1.54, 1.807) is 25.3 Å². The Hall–Kier alpha value is -2.71. The van der Waals surface area contributed by atoms with Crippen LogP contribution in [0, 0.1) is 5.82 Å². The number of benzene rings is 1. The first-order chi connectivity index (χ1) is 12.1. The summed E-state index contributed by atoms with van der Waals surface area (Å²) in [4.78, 5) is 15.9. The zero-order valence-corrected chi connectivity index (χ0v) is 13.7. The summed E-state index contributed by atoms with van der Waals surface area (Å²) in [6.07, 6.45) is 0.302. The Bertz CT molecular complexity index is 682. The van der Waals surface area contributed by atoms with Crippen molar-refractivity contribution < 1.29 is 23.8 Å². The van der Waals surface area contributed by atoms with Crippen LogP contribution in [0.3, 0.4) is 0 Å². The van der Waals surface area contributed by atoms with Crippen LogP contribution in [-0.4, -0.2) is 43.0 Å². The van der Waals surface area contributed by atoms with Gasteiger partial charge < -0.3 is 25.2 Å². The molecule has 2 amide bonds. The predicted molar refractivity (Wildman–Crippen MR) is 90.0 cm³/mol. The molecule has 1 aromatic heterocycles. The number of carbonyl (C=O) groups excluding carboxylic acids is 1. The number of hydrogen-bond acceptors (Lipinski definition) is 5. The lowest BCUT2D eigenvalue weighted by Crippen LogP contribution is -2.32. The van der Waals surface area contributed by atoms with Gasteiger partial charge in [-0.1, -0.05) is 18.2 Å².